The maximum Gasteiger partial charge on any atom is 0.235 e. The lowest BCUT2D eigenvalue weighted by Crippen LogP contribution is -2.31. The smallest absolute Gasteiger partial charge is 0.235 e. The molecule has 0 saturated heterocycles. The van der Waals surface area contributed by atoms with Crippen LogP contribution in [0.25, 0.3) is 0 Å². The fourth-order valence-electron chi connectivity index (χ4n) is 2.37. The molecule has 1 amide bonds. The number of rotatable bonds is 8. The number of hydrogen-bond donors (Lipinski definition) is 1. The number of aryl methyl sites for hydroxylation is 2. The van der Waals surface area contributed by atoms with Crippen molar-refractivity contribution >= 4 is 15.7 Å². The number of sulfone groups is 1. The van der Waals surface area contributed by atoms with Crippen LogP contribution in [0.15, 0.2) is 54.6 Å². The molecule has 2 aromatic rings. The number of benzene rings is 2. The van der Waals surface area contributed by atoms with E-state index in [0.29, 0.717) is 19.4 Å². The van der Waals surface area contributed by atoms with E-state index in [1.807, 2.05) is 61.5 Å². The first-order valence-electron chi connectivity index (χ1n) is 8.01. The maximum absolute atomic E-state index is 12.0. The average molecular weight is 345 g/mol. The van der Waals surface area contributed by atoms with Gasteiger partial charge in [0.15, 0.2) is 9.84 Å². The van der Waals surface area contributed by atoms with Gasteiger partial charge in [-0.2, -0.15) is 0 Å². The summed E-state index contributed by atoms with van der Waals surface area (Å²) < 4.78 is 24.1. The first-order chi connectivity index (χ1) is 11.4. The fourth-order valence-corrected chi connectivity index (χ4v) is 3.60. The van der Waals surface area contributed by atoms with Gasteiger partial charge in [0.1, 0.15) is 5.75 Å². The molecule has 2 aromatic carbocycles. The van der Waals surface area contributed by atoms with E-state index in [0.717, 1.165) is 16.7 Å². The van der Waals surface area contributed by atoms with E-state index >= 15 is 0 Å². The van der Waals surface area contributed by atoms with Crippen molar-refractivity contribution in [2.24, 2.45) is 0 Å². The van der Waals surface area contributed by atoms with Crippen LogP contribution >= 0.6 is 0 Å². The molecular weight excluding hydrogens is 322 g/mol. The molecule has 0 spiro atoms. The largest absolute Gasteiger partial charge is 0.351 e. The molecule has 0 fully saturated rings. The number of amides is 1. The van der Waals surface area contributed by atoms with Gasteiger partial charge >= 0.3 is 0 Å². The quantitative estimate of drug-likeness (QED) is 0.800. The van der Waals surface area contributed by atoms with Crippen LogP contribution in [-0.4, -0.2) is 25.8 Å². The van der Waals surface area contributed by atoms with Crippen LogP contribution in [0.2, 0.25) is 0 Å². The molecule has 5 heteroatoms. The summed E-state index contributed by atoms with van der Waals surface area (Å²) in [5, 5.41) is 2.66. The first kappa shape index (κ1) is 18.2. The molecule has 0 aliphatic carbocycles. The van der Waals surface area contributed by atoms with Gasteiger partial charge in [0.25, 0.3) is 0 Å². The maximum atomic E-state index is 12.0. The molecule has 2 rings (SSSR count). The van der Waals surface area contributed by atoms with Crippen molar-refractivity contribution < 1.29 is 13.2 Å². The van der Waals surface area contributed by atoms with Crippen molar-refractivity contribution in [3.05, 3.63) is 71.3 Å². The third kappa shape index (κ3) is 6.54. The Morgan fingerprint density at radius 2 is 1.62 bits per heavy atom. The fraction of sp³-hybridized carbons (Fsp3) is 0.316. The van der Waals surface area contributed by atoms with Gasteiger partial charge in [0.05, 0.1) is 5.75 Å². The molecule has 0 aliphatic heterocycles. The molecule has 0 heterocycles. The predicted molar refractivity (Wildman–Crippen MR) is 96.4 cm³/mol. The Kier molecular flexibility index (Phi) is 6.55. The number of nitrogens with one attached hydrogen (secondary N) is 1. The van der Waals surface area contributed by atoms with Crippen molar-refractivity contribution in [2.45, 2.75) is 26.3 Å². The van der Waals surface area contributed by atoms with E-state index in [1.54, 1.807) is 0 Å². The molecule has 24 heavy (non-hydrogen) atoms. The van der Waals surface area contributed by atoms with Gasteiger partial charge in [0.2, 0.25) is 5.91 Å². The molecule has 0 atom stereocenters. The zero-order chi connectivity index (χ0) is 17.4. The standard InChI is InChI=1S/C19H23NO3S/c1-16-9-11-18(12-10-16)14-20-19(21)15-24(22,23)13-5-8-17-6-3-2-4-7-17/h2-4,6-7,9-12H,5,8,13-15H2,1H3,(H,20,21). The van der Waals surface area contributed by atoms with Gasteiger partial charge in [-0.3, -0.25) is 4.79 Å². The zero-order valence-corrected chi connectivity index (χ0v) is 14.7. The topological polar surface area (TPSA) is 63.2 Å². The Labute approximate surface area is 143 Å². The molecule has 0 aliphatic rings. The van der Waals surface area contributed by atoms with Gasteiger partial charge in [0, 0.05) is 6.54 Å². The molecular formula is C19H23NO3S. The van der Waals surface area contributed by atoms with E-state index < -0.39 is 21.5 Å². The minimum absolute atomic E-state index is 0.0276. The van der Waals surface area contributed by atoms with Crippen molar-refractivity contribution in [2.75, 3.05) is 11.5 Å². The monoisotopic (exact) mass is 345 g/mol. The van der Waals surface area contributed by atoms with Gasteiger partial charge < -0.3 is 5.32 Å². The highest BCUT2D eigenvalue weighted by atomic mass is 32.2. The van der Waals surface area contributed by atoms with Crippen LogP contribution in [0, 0.1) is 6.92 Å². The third-order valence-corrected chi connectivity index (χ3v) is 5.34. The van der Waals surface area contributed by atoms with Crippen molar-refractivity contribution in [1.82, 2.24) is 5.32 Å². The van der Waals surface area contributed by atoms with E-state index in [-0.39, 0.29) is 5.75 Å². The van der Waals surface area contributed by atoms with E-state index in [9.17, 15) is 13.2 Å². The Balaban J connectivity index is 1.74. The Bertz CT molecular complexity index is 753. The van der Waals surface area contributed by atoms with Crippen LogP contribution in [0.3, 0.4) is 0 Å². The van der Waals surface area contributed by atoms with Gasteiger partial charge in [-0.25, -0.2) is 8.42 Å². The molecule has 1 N–H and O–H groups in total. The average Bonchev–Trinajstić information content (AvgIpc) is 2.55. The normalized spacial score (nSPS) is 11.2. The Hall–Kier alpha value is -2.14. The predicted octanol–water partition coefficient (Wildman–Crippen LogP) is 2.66. The lowest BCUT2D eigenvalue weighted by Gasteiger charge is -2.07. The highest BCUT2D eigenvalue weighted by Crippen LogP contribution is 2.05. The molecule has 0 aromatic heterocycles. The van der Waals surface area contributed by atoms with Crippen LogP contribution in [-0.2, 0) is 27.6 Å². The van der Waals surface area contributed by atoms with Crippen molar-refractivity contribution in [1.29, 1.82) is 0 Å². The van der Waals surface area contributed by atoms with Gasteiger partial charge in [-0.1, -0.05) is 60.2 Å². The molecule has 0 radical (unpaired) electrons. The van der Waals surface area contributed by atoms with E-state index in [4.69, 9.17) is 0 Å². The zero-order valence-electron chi connectivity index (χ0n) is 13.9. The SMILES string of the molecule is Cc1ccc(CNC(=O)CS(=O)(=O)CCCc2ccccc2)cc1. The third-order valence-electron chi connectivity index (χ3n) is 3.72. The highest BCUT2D eigenvalue weighted by molar-refractivity contribution is 7.92. The van der Waals surface area contributed by atoms with E-state index in [2.05, 4.69) is 5.32 Å². The summed E-state index contributed by atoms with van der Waals surface area (Å²) in [7, 11) is -3.37. The lowest BCUT2D eigenvalue weighted by atomic mass is 10.1. The van der Waals surface area contributed by atoms with Crippen LogP contribution in [0.1, 0.15) is 23.1 Å². The first-order valence-corrected chi connectivity index (χ1v) is 9.83. The second-order valence-corrected chi connectivity index (χ2v) is 8.13. The highest BCUT2D eigenvalue weighted by Gasteiger charge is 2.16. The summed E-state index contributed by atoms with van der Waals surface area (Å²) in [6.07, 6.45) is 1.22. The summed E-state index contributed by atoms with van der Waals surface area (Å²) >= 11 is 0. The number of hydrogen-bond acceptors (Lipinski definition) is 3. The van der Waals surface area contributed by atoms with Gasteiger partial charge in [-0.15, -0.1) is 0 Å². The summed E-state index contributed by atoms with van der Waals surface area (Å²) in [6.45, 7) is 2.34. The second-order valence-electron chi connectivity index (χ2n) is 5.94. The number of carbonyl (C=O) groups is 1. The van der Waals surface area contributed by atoms with Crippen LogP contribution < -0.4 is 5.32 Å². The molecule has 128 valence electrons. The van der Waals surface area contributed by atoms with Crippen LogP contribution in [0.4, 0.5) is 0 Å². The minimum atomic E-state index is -3.37. The second kappa shape index (κ2) is 8.64. The number of carbonyl (C=O) groups excluding carboxylic acids is 1. The lowest BCUT2D eigenvalue weighted by molar-refractivity contribution is -0.118. The molecule has 0 unspecified atom stereocenters. The summed E-state index contributed by atoms with van der Waals surface area (Å²) in [5.74, 6) is -0.872. The molecule has 0 saturated carbocycles. The van der Waals surface area contributed by atoms with Gasteiger partial charge in [-0.05, 0) is 30.9 Å². The Morgan fingerprint density at radius 3 is 2.29 bits per heavy atom. The summed E-state index contributed by atoms with van der Waals surface area (Å²) in [6, 6.07) is 17.5. The summed E-state index contributed by atoms with van der Waals surface area (Å²) in [4.78, 5) is 11.8. The van der Waals surface area contributed by atoms with E-state index in [1.165, 1.54) is 0 Å². The van der Waals surface area contributed by atoms with Crippen LogP contribution in [0.5, 0.6) is 0 Å². The Morgan fingerprint density at radius 1 is 0.958 bits per heavy atom. The van der Waals surface area contributed by atoms with Crippen molar-refractivity contribution in [3.8, 4) is 0 Å². The minimum Gasteiger partial charge on any atom is -0.351 e. The molecule has 0 bridgehead atoms. The summed E-state index contributed by atoms with van der Waals surface area (Å²) in [5.41, 5.74) is 3.21. The van der Waals surface area contributed by atoms with Crippen molar-refractivity contribution in [3.63, 3.8) is 0 Å². The molecule has 4 nitrogen and oxygen atoms in total.